The van der Waals surface area contributed by atoms with Gasteiger partial charge in [-0.25, -0.2) is 8.42 Å². The molecule has 2 aromatic rings. The monoisotopic (exact) mass is 263 g/mol. The molecule has 0 fully saturated rings. The van der Waals surface area contributed by atoms with Gasteiger partial charge in [0.25, 0.3) is 0 Å². The minimum atomic E-state index is -3.30. The number of rotatable bonds is 5. The average Bonchev–Trinajstić information content (AvgIpc) is 2.85. The van der Waals surface area contributed by atoms with E-state index in [1.54, 1.807) is 53.2 Å². The van der Waals surface area contributed by atoms with Crippen molar-refractivity contribution in [1.82, 2.24) is 4.57 Å². The smallest absolute Gasteiger partial charge is 0.180 e. The van der Waals surface area contributed by atoms with E-state index in [0.717, 1.165) is 6.29 Å². The standard InChI is InChI=1S/C13H13NO3S/c15-11-12-5-4-8-14(12)9-10-18(16,17)13-6-2-1-3-7-13/h1-8,11H,9-10H2. The number of nitrogens with zero attached hydrogens (tertiary/aromatic N) is 1. The molecule has 0 saturated carbocycles. The molecule has 0 bridgehead atoms. The van der Waals surface area contributed by atoms with Crippen molar-refractivity contribution in [2.24, 2.45) is 0 Å². The summed E-state index contributed by atoms with van der Waals surface area (Å²) in [7, 11) is -3.30. The molecule has 0 aliphatic carbocycles. The highest BCUT2D eigenvalue weighted by molar-refractivity contribution is 7.91. The molecule has 2 rings (SSSR count). The van der Waals surface area contributed by atoms with Crippen LogP contribution in [0.25, 0.3) is 0 Å². The largest absolute Gasteiger partial charge is 0.344 e. The van der Waals surface area contributed by atoms with E-state index in [0.29, 0.717) is 10.6 Å². The summed E-state index contributed by atoms with van der Waals surface area (Å²) in [5, 5.41) is 0. The summed E-state index contributed by atoms with van der Waals surface area (Å²) in [4.78, 5) is 11.0. The van der Waals surface area contributed by atoms with Gasteiger partial charge in [0.1, 0.15) is 0 Å². The highest BCUT2D eigenvalue weighted by atomic mass is 32.2. The first-order valence-corrected chi connectivity index (χ1v) is 7.17. The average molecular weight is 263 g/mol. The number of aldehydes is 1. The second-order valence-corrected chi connectivity index (χ2v) is 5.99. The molecule has 0 saturated heterocycles. The number of aromatic nitrogens is 1. The molecule has 0 N–H and O–H groups in total. The van der Waals surface area contributed by atoms with Crippen LogP contribution in [0.3, 0.4) is 0 Å². The Bertz CT molecular complexity index is 629. The molecule has 0 radical (unpaired) electrons. The summed E-state index contributed by atoms with van der Waals surface area (Å²) in [6, 6.07) is 11.7. The van der Waals surface area contributed by atoms with E-state index in [1.807, 2.05) is 0 Å². The molecule has 4 nitrogen and oxygen atoms in total. The summed E-state index contributed by atoms with van der Waals surface area (Å²) in [5.41, 5.74) is 0.485. The van der Waals surface area contributed by atoms with Crippen LogP contribution in [0, 0.1) is 0 Å². The van der Waals surface area contributed by atoms with Gasteiger partial charge in [-0.2, -0.15) is 0 Å². The molecule has 5 heteroatoms. The van der Waals surface area contributed by atoms with Crippen molar-refractivity contribution in [3.8, 4) is 0 Å². The van der Waals surface area contributed by atoms with Crippen molar-refractivity contribution >= 4 is 16.1 Å². The van der Waals surface area contributed by atoms with Gasteiger partial charge >= 0.3 is 0 Å². The second-order valence-electron chi connectivity index (χ2n) is 3.88. The van der Waals surface area contributed by atoms with Crippen molar-refractivity contribution in [3.05, 3.63) is 54.4 Å². The molecule has 0 spiro atoms. The zero-order chi connectivity index (χ0) is 13.0. The van der Waals surface area contributed by atoms with Crippen molar-refractivity contribution in [1.29, 1.82) is 0 Å². The molecular weight excluding hydrogens is 250 g/mol. The van der Waals surface area contributed by atoms with Gasteiger partial charge in [0.2, 0.25) is 0 Å². The van der Waals surface area contributed by atoms with E-state index in [1.165, 1.54) is 0 Å². The van der Waals surface area contributed by atoms with Gasteiger partial charge in [-0.05, 0) is 24.3 Å². The number of hydrogen-bond donors (Lipinski definition) is 0. The lowest BCUT2D eigenvalue weighted by Gasteiger charge is -2.06. The molecule has 1 aromatic heterocycles. The zero-order valence-corrected chi connectivity index (χ0v) is 10.5. The lowest BCUT2D eigenvalue weighted by atomic mass is 10.4. The Kier molecular flexibility index (Phi) is 3.62. The van der Waals surface area contributed by atoms with Crippen LogP contribution in [-0.4, -0.2) is 25.0 Å². The molecule has 0 unspecified atom stereocenters. The maximum absolute atomic E-state index is 12.0. The fourth-order valence-corrected chi connectivity index (χ4v) is 2.95. The fourth-order valence-electron chi connectivity index (χ4n) is 1.70. The minimum absolute atomic E-state index is 0.0213. The molecule has 94 valence electrons. The first-order chi connectivity index (χ1) is 8.63. The third-order valence-electron chi connectivity index (χ3n) is 2.69. The normalized spacial score (nSPS) is 11.3. The van der Waals surface area contributed by atoms with E-state index >= 15 is 0 Å². The highest BCUT2D eigenvalue weighted by Gasteiger charge is 2.14. The molecule has 1 heterocycles. The first-order valence-electron chi connectivity index (χ1n) is 5.51. The number of aryl methyl sites for hydroxylation is 1. The number of hydrogen-bond acceptors (Lipinski definition) is 3. The molecule has 1 aromatic carbocycles. The number of benzene rings is 1. The van der Waals surface area contributed by atoms with Gasteiger partial charge in [0.05, 0.1) is 16.3 Å². The summed E-state index contributed by atoms with van der Waals surface area (Å²) < 4.78 is 25.7. The van der Waals surface area contributed by atoms with Crippen LogP contribution < -0.4 is 0 Å². The van der Waals surface area contributed by atoms with Crippen LogP contribution in [0.2, 0.25) is 0 Å². The Labute approximate surface area is 106 Å². The summed E-state index contributed by atoms with van der Waals surface area (Å²) in [6.07, 6.45) is 2.42. The first kappa shape index (κ1) is 12.6. The van der Waals surface area contributed by atoms with Gasteiger partial charge in [0.15, 0.2) is 16.1 Å². The van der Waals surface area contributed by atoms with Crippen LogP contribution in [0.4, 0.5) is 0 Å². The minimum Gasteiger partial charge on any atom is -0.344 e. The third-order valence-corrected chi connectivity index (χ3v) is 4.40. The molecular formula is C13H13NO3S. The molecule has 0 amide bonds. The SMILES string of the molecule is O=Cc1cccn1CCS(=O)(=O)c1ccccc1. The van der Waals surface area contributed by atoms with E-state index in [-0.39, 0.29) is 12.3 Å². The maximum Gasteiger partial charge on any atom is 0.180 e. The molecule has 0 atom stereocenters. The Balaban J connectivity index is 2.13. The lowest BCUT2D eigenvalue weighted by molar-refractivity contribution is 0.111. The van der Waals surface area contributed by atoms with Gasteiger partial charge < -0.3 is 4.57 Å². The number of carbonyl (C=O) groups is 1. The molecule has 18 heavy (non-hydrogen) atoms. The van der Waals surface area contributed by atoms with Crippen LogP contribution in [0.1, 0.15) is 10.5 Å². The second kappa shape index (κ2) is 5.18. The fraction of sp³-hybridized carbons (Fsp3) is 0.154. The number of carbonyl (C=O) groups excluding carboxylic acids is 1. The van der Waals surface area contributed by atoms with Gasteiger partial charge in [0, 0.05) is 12.7 Å². The van der Waals surface area contributed by atoms with Gasteiger partial charge in [-0.1, -0.05) is 18.2 Å². The summed E-state index contributed by atoms with van der Waals surface area (Å²) in [5.74, 6) is -0.0213. The zero-order valence-electron chi connectivity index (χ0n) is 9.69. The Morgan fingerprint density at radius 1 is 1.06 bits per heavy atom. The van der Waals surface area contributed by atoms with Crippen LogP contribution in [-0.2, 0) is 16.4 Å². The molecule has 0 aliphatic heterocycles. The predicted octanol–water partition coefficient (Wildman–Crippen LogP) is 1.77. The topological polar surface area (TPSA) is 56.1 Å². The van der Waals surface area contributed by atoms with E-state index in [2.05, 4.69) is 0 Å². The third kappa shape index (κ3) is 2.68. The predicted molar refractivity (Wildman–Crippen MR) is 68.3 cm³/mol. The van der Waals surface area contributed by atoms with E-state index in [9.17, 15) is 13.2 Å². The van der Waals surface area contributed by atoms with Crippen LogP contribution in [0.15, 0.2) is 53.6 Å². The summed E-state index contributed by atoms with van der Waals surface area (Å²) in [6.45, 7) is 0.276. The molecule has 0 aliphatic rings. The van der Waals surface area contributed by atoms with Crippen molar-refractivity contribution < 1.29 is 13.2 Å². The lowest BCUT2D eigenvalue weighted by Crippen LogP contribution is -2.14. The van der Waals surface area contributed by atoms with Crippen molar-refractivity contribution in [3.63, 3.8) is 0 Å². The highest BCUT2D eigenvalue weighted by Crippen LogP contribution is 2.11. The maximum atomic E-state index is 12.0. The van der Waals surface area contributed by atoms with Gasteiger partial charge in [-0.15, -0.1) is 0 Å². The number of sulfone groups is 1. The Morgan fingerprint density at radius 3 is 2.44 bits per heavy atom. The quantitative estimate of drug-likeness (QED) is 0.773. The summed E-state index contributed by atoms with van der Waals surface area (Å²) >= 11 is 0. The van der Waals surface area contributed by atoms with Gasteiger partial charge in [-0.3, -0.25) is 4.79 Å². The van der Waals surface area contributed by atoms with Crippen LogP contribution >= 0.6 is 0 Å². The Morgan fingerprint density at radius 2 is 1.78 bits per heavy atom. The van der Waals surface area contributed by atoms with Crippen molar-refractivity contribution in [2.45, 2.75) is 11.4 Å². The van der Waals surface area contributed by atoms with Crippen molar-refractivity contribution in [2.75, 3.05) is 5.75 Å². The van der Waals surface area contributed by atoms with E-state index < -0.39 is 9.84 Å². The van der Waals surface area contributed by atoms with Crippen LogP contribution in [0.5, 0.6) is 0 Å². The Hall–Kier alpha value is -1.88. The van der Waals surface area contributed by atoms with E-state index in [4.69, 9.17) is 0 Å².